The van der Waals surface area contributed by atoms with E-state index in [0.717, 1.165) is 11.3 Å². The molecule has 2 atom stereocenters. The van der Waals surface area contributed by atoms with Gasteiger partial charge in [-0.2, -0.15) is 10.2 Å². The molecular formula is C29H27F2N7O2. The lowest BCUT2D eigenvalue weighted by Crippen LogP contribution is -2.30. The van der Waals surface area contributed by atoms with Gasteiger partial charge in [0.1, 0.15) is 17.7 Å². The smallest absolute Gasteiger partial charge is 0.338 e. The van der Waals surface area contributed by atoms with E-state index >= 15 is 4.39 Å². The van der Waals surface area contributed by atoms with Gasteiger partial charge in [-0.3, -0.25) is 13.8 Å². The topological polar surface area (TPSA) is 94.8 Å². The highest BCUT2D eigenvalue weighted by Crippen LogP contribution is 2.32. The van der Waals surface area contributed by atoms with E-state index in [-0.39, 0.29) is 17.3 Å². The number of hydrogen-bond donors (Lipinski definition) is 2. The Morgan fingerprint density at radius 3 is 2.73 bits per heavy atom. The summed E-state index contributed by atoms with van der Waals surface area (Å²) >= 11 is 0. The van der Waals surface area contributed by atoms with Gasteiger partial charge in [-0.1, -0.05) is 11.8 Å². The zero-order valence-corrected chi connectivity index (χ0v) is 22.4. The number of halogens is 2. The van der Waals surface area contributed by atoms with Gasteiger partial charge >= 0.3 is 5.69 Å². The quantitative estimate of drug-likeness (QED) is 0.341. The maximum Gasteiger partial charge on any atom is 0.338 e. The van der Waals surface area contributed by atoms with Crippen molar-refractivity contribution in [1.29, 1.82) is 0 Å². The highest BCUT2D eigenvalue weighted by atomic mass is 19.1. The first kappa shape index (κ1) is 25.7. The summed E-state index contributed by atoms with van der Waals surface area (Å²) in [6.45, 7) is 5.83. The van der Waals surface area contributed by atoms with Crippen LogP contribution in [0.3, 0.4) is 0 Å². The molecule has 0 spiro atoms. The molecule has 11 heteroatoms. The molecule has 0 bridgehead atoms. The monoisotopic (exact) mass is 543 g/mol. The van der Waals surface area contributed by atoms with E-state index in [2.05, 4.69) is 22.3 Å². The van der Waals surface area contributed by atoms with Crippen LogP contribution in [0.15, 0.2) is 47.7 Å². The molecule has 6 rings (SSSR count). The standard InChI is InChI=1S/C29H27F2N7O2/c1-16-13-20(14-19(26(16)30)6-5-17(2)39)38-28(25-18(3)32-10-9-22(25)34-38)37-12-11-36(29(37)40)24-8-7-23-21(27(24)31)15-33-35(23)4/h7-8,11-15,17-18,32,39H,9-10H2,1-4H3/t17-,18+/m1/s1. The first-order valence-corrected chi connectivity index (χ1v) is 12.9. The number of nitrogens with one attached hydrogen (secondary N) is 1. The van der Waals surface area contributed by atoms with E-state index in [1.165, 1.54) is 28.5 Å². The molecule has 40 heavy (non-hydrogen) atoms. The molecule has 0 saturated carbocycles. The Morgan fingerprint density at radius 2 is 1.95 bits per heavy atom. The van der Waals surface area contributed by atoms with Crippen molar-refractivity contribution in [2.24, 2.45) is 7.05 Å². The summed E-state index contributed by atoms with van der Waals surface area (Å²) in [4.78, 5) is 13.9. The van der Waals surface area contributed by atoms with Crippen LogP contribution >= 0.6 is 0 Å². The van der Waals surface area contributed by atoms with Gasteiger partial charge in [0.2, 0.25) is 0 Å². The van der Waals surface area contributed by atoms with Gasteiger partial charge in [0, 0.05) is 44.0 Å². The van der Waals surface area contributed by atoms with E-state index in [1.54, 1.807) is 53.8 Å². The Bertz CT molecular complexity index is 1920. The molecule has 5 aromatic rings. The minimum atomic E-state index is -0.924. The number of aliphatic hydroxyl groups is 1. The lowest BCUT2D eigenvalue weighted by molar-refractivity contribution is 0.253. The second-order valence-corrected chi connectivity index (χ2v) is 10.0. The van der Waals surface area contributed by atoms with Gasteiger partial charge < -0.3 is 10.4 Å². The van der Waals surface area contributed by atoms with Crippen LogP contribution in [0.2, 0.25) is 0 Å². The number of imidazole rings is 1. The molecule has 3 aromatic heterocycles. The molecule has 1 aliphatic rings. The van der Waals surface area contributed by atoms with E-state index in [1.807, 2.05) is 6.92 Å². The fourth-order valence-corrected chi connectivity index (χ4v) is 5.25. The van der Waals surface area contributed by atoms with Crippen molar-refractivity contribution in [2.45, 2.75) is 39.3 Å². The van der Waals surface area contributed by atoms with Crippen molar-refractivity contribution in [3.63, 3.8) is 0 Å². The predicted octanol–water partition coefficient (Wildman–Crippen LogP) is 3.23. The predicted molar refractivity (Wildman–Crippen MR) is 146 cm³/mol. The Balaban J connectivity index is 1.57. The van der Waals surface area contributed by atoms with Crippen molar-refractivity contribution in [3.05, 3.63) is 87.4 Å². The molecule has 0 radical (unpaired) electrons. The van der Waals surface area contributed by atoms with Gasteiger partial charge in [-0.05, 0) is 50.6 Å². The third-order valence-electron chi connectivity index (χ3n) is 7.23. The lowest BCUT2D eigenvalue weighted by Gasteiger charge is -2.21. The highest BCUT2D eigenvalue weighted by molar-refractivity contribution is 5.81. The zero-order chi connectivity index (χ0) is 28.3. The van der Waals surface area contributed by atoms with Crippen LogP contribution in [0.4, 0.5) is 8.78 Å². The average Bonchev–Trinajstić information content (AvgIpc) is 3.61. The molecule has 2 N–H and O–H groups in total. The SMILES string of the molecule is Cc1cc(-n2nc3c(c2-n2ccn(-c4ccc5c(cnn5C)c4F)c2=O)[C@H](C)NCC3)cc(C#C[C@@H](C)O)c1F. The van der Waals surface area contributed by atoms with E-state index in [9.17, 15) is 14.3 Å². The fraction of sp³-hybridized carbons (Fsp3) is 0.276. The van der Waals surface area contributed by atoms with Gasteiger partial charge in [0.15, 0.2) is 5.82 Å². The molecule has 2 aromatic carbocycles. The van der Waals surface area contributed by atoms with Crippen LogP contribution in [-0.2, 0) is 13.5 Å². The number of benzene rings is 2. The van der Waals surface area contributed by atoms with Crippen LogP contribution in [0, 0.1) is 30.4 Å². The van der Waals surface area contributed by atoms with Crippen molar-refractivity contribution < 1.29 is 13.9 Å². The average molecular weight is 544 g/mol. The number of aryl methyl sites for hydroxylation is 2. The maximum absolute atomic E-state index is 15.5. The minimum absolute atomic E-state index is 0.101. The lowest BCUT2D eigenvalue weighted by atomic mass is 10.0. The van der Waals surface area contributed by atoms with Gasteiger partial charge in [-0.25, -0.2) is 18.3 Å². The third-order valence-corrected chi connectivity index (χ3v) is 7.23. The summed E-state index contributed by atoms with van der Waals surface area (Å²) in [5.74, 6) is 4.72. The molecule has 0 saturated heterocycles. The van der Waals surface area contributed by atoms with Crippen LogP contribution in [0.25, 0.3) is 28.1 Å². The molecule has 0 aliphatic carbocycles. The Labute approximate surface area is 228 Å². The summed E-state index contributed by atoms with van der Waals surface area (Å²) in [5, 5.41) is 22.3. The van der Waals surface area contributed by atoms with Gasteiger partial charge in [0.05, 0.1) is 39.7 Å². The fourth-order valence-electron chi connectivity index (χ4n) is 5.25. The number of aromatic nitrogens is 6. The molecular weight excluding hydrogens is 516 g/mol. The van der Waals surface area contributed by atoms with E-state index in [4.69, 9.17) is 5.10 Å². The highest BCUT2D eigenvalue weighted by Gasteiger charge is 2.29. The Kier molecular flexibility index (Phi) is 6.17. The zero-order valence-electron chi connectivity index (χ0n) is 22.4. The first-order chi connectivity index (χ1) is 19.2. The molecule has 9 nitrogen and oxygen atoms in total. The summed E-state index contributed by atoms with van der Waals surface area (Å²) in [6.07, 6.45) is 4.24. The van der Waals surface area contributed by atoms with Gasteiger partial charge in [-0.15, -0.1) is 0 Å². The Morgan fingerprint density at radius 1 is 1.18 bits per heavy atom. The normalized spacial score (nSPS) is 15.6. The number of fused-ring (bicyclic) bond motifs is 2. The van der Waals surface area contributed by atoms with Crippen LogP contribution in [0.1, 0.15) is 42.3 Å². The van der Waals surface area contributed by atoms with Gasteiger partial charge in [0.25, 0.3) is 0 Å². The number of hydrogen-bond acceptors (Lipinski definition) is 5. The first-order valence-electron chi connectivity index (χ1n) is 12.9. The van der Waals surface area contributed by atoms with Crippen molar-refractivity contribution >= 4 is 10.9 Å². The van der Waals surface area contributed by atoms with Crippen LogP contribution < -0.4 is 11.0 Å². The number of aliphatic hydroxyl groups excluding tert-OH is 1. The summed E-state index contributed by atoms with van der Waals surface area (Å²) < 4.78 is 36.3. The molecule has 204 valence electrons. The summed E-state index contributed by atoms with van der Waals surface area (Å²) in [7, 11) is 1.72. The number of rotatable bonds is 3. The second-order valence-electron chi connectivity index (χ2n) is 10.0. The third kappa shape index (κ3) is 4.04. The molecule has 1 aliphatic heterocycles. The van der Waals surface area contributed by atoms with Crippen LogP contribution in [-0.4, -0.2) is 46.5 Å². The molecule has 0 fully saturated rings. The van der Waals surface area contributed by atoms with Crippen LogP contribution in [0.5, 0.6) is 0 Å². The maximum atomic E-state index is 15.5. The molecule has 0 unspecified atom stereocenters. The van der Waals surface area contributed by atoms with Crippen molar-refractivity contribution in [2.75, 3.05) is 6.54 Å². The van der Waals surface area contributed by atoms with E-state index in [0.29, 0.717) is 40.9 Å². The Hall–Kier alpha value is -4.53. The van der Waals surface area contributed by atoms with Crippen molar-refractivity contribution in [3.8, 4) is 29.0 Å². The molecule has 0 amide bonds. The van der Waals surface area contributed by atoms with Crippen molar-refractivity contribution in [1.82, 2.24) is 34.0 Å². The largest absolute Gasteiger partial charge is 0.381 e. The second kappa shape index (κ2) is 9.59. The summed E-state index contributed by atoms with van der Waals surface area (Å²) in [6, 6.07) is 6.34. The summed E-state index contributed by atoms with van der Waals surface area (Å²) in [5.41, 5.74) is 2.82. The number of nitrogens with zero attached hydrogens (tertiary/aromatic N) is 6. The van der Waals surface area contributed by atoms with E-state index < -0.39 is 23.4 Å². The minimum Gasteiger partial charge on any atom is -0.381 e. The molecule has 4 heterocycles.